The Bertz CT molecular complexity index is 1700. The predicted molar refractivity (Wildman–Crippen MR) is 138 cm³/mol. The Hall–Kier alpha value is -5.26. The minimum absolute atomic E-state index is 0.565. The van der Waals surface area contributed by atoms with Crippen molar-refractivity contribution in [1.82, 2.24) is 14.5 Å². The van der Waals surface area contributed by atoms with Gasteiger partial charge < -0.3 is 4.57 Å². The highest BCUT2D eigenvalue weighted by Crippen LogP contribution is 2.36. The molecule has 0 saturated heterocycles. The third-order valence-corrected chi connectivity index (χ3v) is 6.14. The molecule has 5 heteroatoms. The normalized spacial score (nSPS) is 10.8. The van der Waals surface area contributed by atoms with Gasteiger partial charge in [0.25, 0.3) is 0 Å². The Morgan fingerprint density at radius 3 is 1.97 bits per heavy atom. The van der Waals surface area contributed by atoms with Crippen LogP contribution in [-0.2, 0) is 0 Å². The third-order valence-electron chi connectivity index (χ3n) is 6.14. The van der Waals surface area contributed by atoms with Gasteiger partial charge in [0.05, 0.1) is 40.6 Å². The number of benzene rings is 3. The van der Waals surface area contributed by atoms with E-state index in [1.54, 1.807) is 24.5 Å². The van der Waals surface area contributed by atoms with Gasteiger partial charge in [0.15, 0.2) is 5.69 Å². The van der Waals surface area contributed by atoms with Crippen LogP contribution in [0.5, 0.6) is 0 Å². The molecule has 0 radical (unpaired) electrons. The van der Waals surface area contributed by atoms with Gasteiger partial charge in [-0.1, -0.05) is 42.5 Å². The zero-order valence-corrected chi connectivity index (χ0v) is 18.6. The van der Waals surface area contributed by atoms with E-state index in [1.165, 1.54) is 0 Å². The van der Waals surface area contributed by atoms with E-state index in [1.807, 2.05) is 30.3 Å². The summed E-state index contributed by atoms with van der Waals surface area (Å²) in [5.74, 6) is 0. The first kappa shape index (κ1) is 20.4. The molecule has 3 aromatic heterocycles. The van der Waals surface area contributed by atoms with E-state index < -0.39 is 0 Å². The largest absolute Gasteiger partial charge is 0.309 e. The second-order valence-electron chi connectivity index (χ2n) is 8.19. The predicted octanol–water partition coefficient (Wildman–Crippen LogP) is 7.33. The summed E-state index contributed by atoms with van der Waals surface area (Å²) in [7, 11) is 0. The monoisotopic (exact) mass is 447 g/mol. The molecule has 0 atom stereocenters. The Morgan fingerprint density at radius 2 is 1.34 bits per heavy atom. The maximum Gasteiger partial charge on any atom is 0.190 e. The van der Waals surface area contributed by atoms with E-state index in [2.05, 4.69) is 74.0 Å². The minimum atomic E-state index is 0.565. The molecule has 3 aromatic carbocycles. The first-order valence-corrected chi connectivity index (χ1v) is 11.1. The molecular formula is C30H17N5. The summed E-state index contributed by atoms with van der Waals surface area (Å²) in [6, 6.07) is 32.1. The fourth-order valence-electron chi connectivity index (χ4n) is 4.50. The molecule has 3 heterocycles. The molecule has 0 fully saturated rings. The molecule has 6 aromatic rings. The number of nitrogens with zero attached hydrogens (tertiary/aromatic N) is 5. The van der Waals surface area contributed by atoms with Crippen LogP contribution in [-0.4, -0.2) is 14.5 Å². The quantitative estimate of drug-likeness (QED) is 0.267. The molecule has 0 saturated carbocycles. The van der Waals surface area contributed by atoms with Gasteiger partial charge in [0.2, 0.25) is 0 Å². The summed E-state index contributed by atoms with van der Waals surface area (Å²) in [6.45, 7) is 7.34. The summed E-state index contributed by atoms with van der Waals surface area (Å²) >= 11 is 0. The van der Waals surface area contributed by atoms with Crippen LogP contribution in [0.2, 0.25) is 0 Å². The molecule has 35 heavy (non-hydrogen) atoms. The van der Waals surface area contributed by atoms with Crippen LogP contribution in [0.25, 0.3) is 54.9 Å². The molecule has 162 valence electrons. The Kier molecular flexibility index (Phi) is 4.80. The van der Waals surface area contributed by atoms with Crippen molar-refractivity contribution in [2.24, 2.45) is 0 Å². The first-order valence-electron chi connectivity index (χ1n) is 11.1. The van der Waals surface area contributed by atoms with E-state index in [0.717, 1.165) is 50.0 Å². The maximum atomic E-state index is 9.32. The van der Waals surface area contributed by atoms with E-state index in [9.17, 15) is 5.26 Å². The molecule has 0 spiro atoms. The van der Waals surface area contributed by atoms with Crippen molar-refractivity contribution in [3.63, 3.8) is 0 Å². The zero-order chi connectivity index (χ0) is 23.8. The molecule has 0 bridgehead atoms. The van der Waals surface area contributed by atoms with E-state index >= 15 is 0 Å². The molecule has 0 aliphatic heterocycles. The van der Waals surface area contributed by atoms with Gasteiger partial charge in [-0.05, 0) is 48.5 Å². The minimum Gasteiger partial charge on any atom is -0.309 e. The summed E-state index contributed by atoms with van der Waals surface area (Å²) in [5.41, 5.74) is 7.71. The molecule has 6 rings (SSSR count). The lowest BCUT2D eigenvalue weighted by molar-refractivity contribution is 1.18. The number of rotatable bonds is 3. The lowest BCUT2D eigenvalue weighted by Crippen LogP contribution is -1.94. The van der Waals surface area contributed by atoms with Gasteiger partial charge in [0.1, 0.15) is 0 Å². The van der Waals surface area contributed by atoms with Crippen LogP contribution < -0.4 is 0 Å². The van der Waals surface area contributed by atoms with Crippen molar-refractivity contribution in [2.45, 2.75) is 0 Å². The van der Waals surface area contributed by atoms with Gasteiger partial charge in [-0.2, -0.15) is 5.26 Å². The lowest BCUT2D eigenvalue weighted by atomic mass is 10.0. The number of hydrogen-bond acceptors (Lipinski definition) is 3. The second-order valence-corrected chi connectivity index (χ2v) is 8.19. The highest BCUT2D eigenvalue weighted by Gasteiger charge is 2.15. The van der Waals surface area contributed by atoms with Crippen molar-refractivity contribution >= 4 is 27.5 Å². The molecule has 0 amide bonds. The van der Waals surface area contributed by atoms with Gasteiger partial charge in [0, 0.05) is 40.0 Å². The highest BCUT2D eigenvalue weighted by atomic mass is 15.0. The number of aromatic nitrogens is 3. The van der Waals surface area contributed by atoms with Crippen LogP contribution in [0, 0.1) is 17.9 Å². The van der Waals surface area contributed by atoms with Crippen molar-refractivity contribution in [2.75, 3.05) is 0 Å². The standard InChI is InChI=1S/C30H17N5/c1-32-23-12-14-34-28(18-23)22-8-10-26-25-9-7-21(27-15-20(19-31)11-13-33-27)16-29(25)35(30(26)17-22)24-5-3-2-4-6-24/h2-18H. The molecule has 0 aliphatic carbocycles. The van der Waals surface area contributed by atoms with Crippen molar-refractivity contribution in [3.8, 4) is 34.3 Å². The van der Waals surface area contributed by atoms with E-state index in [-0.39, 0.29) is 0 Å². The van der Waals surface area contributed by atoms with Gasteiger partial charge >= 0.3 is 0 Å². The number of fused-ring (bicyclic) bond motifs is 3. The molecule has 5 nitrogen and oxygen atoms in total. The molecular weight excluding hydrogens is 430 g/mol. The summed E-state index contributed by atoms with van der Waals surface area (Å²) in [6.07, 6.45) is 3.34. The Balaban J connectivity index is 1.64. The molecule has 0 N–H and O–H groups in total. The Morgan fingerprint density at radius 1 is 0.714 bits per heavy atom. The second kappa shape index (κ2) is 8.26. The fourth-order valence-corrected chi connectivity index (χ4v) is 4.50. The highest BCUT2D eigenvalue weighted by molar-refractivity contribution is 6.11. The topological polar surface area (TPSA) is 58.9 Å². The lowest BCUT2D eigenvalue weighted by Gasteiger charge is -2.09. The average Bonchev–Trinajstić information content (AvgIpc) is 3.26. The number of para-hydroxylation sites is 1. The SMILES string of the molecule is [C-]#[N+]c1ccnc(-c2ccc3c4ccc(-c5cc(C#N)ccn5)cc4n(-c4ccccc4)c3c2)c1. The number of pyridine rings is 2. The zero-order valence-electron chi connectivity index (χ0n) is 18.6. The van der Waals surface area contributed by atoms with Gasteiger partial charge in [-0.15, -0.1) is 0 Å². The van der Waals surface area contributed by atoms with E-state index in [0.29, 0.717) is 11.3 Å². The third kappa shape index (κ3) is 3.49. The average molecular weight is 448 g/mol. The van der Waals surface area contributed by atoms with Crippen LogP contribution in [0.4, 0.5) is 5.69 Å². The van der Waals surface area contributed by atoms with Crippen LogP contribution in [0.15, 0.2) is 103 Å². The Labute approximate surface area is 202 Å². The van der Waals surface area contributed by atoms with Gasteiger partial charge in [-0.25, -0.2) is 4.85 Å². The summed E-state index contributed by atoms with van der Waals surface area (Å²) in [5, 5.41) is 11.6. The summed E-state index contributed by atoms with van der Waals surface area (Å²) in [4.78, 5) is 12.6. The first-order chi connectivity index (χ1) is 17.2. The van der Waals surface area contributed by atoms with Crippen LogP contribution >= 0.6 is 0 Å². The van der Waals surface area contributed by atoms with Crippen molar-refractivity contribution < 1.29 is 0 Å². The van der Waals surface area contributed by atoms with Gasteiger partial charge in [-0.3, -0.25) is 9.97 Å². The molecule has 0 aliphatic rings. The number of hydrogen-bond donors (Lipinski definition) is 0. The summed E-state index contributed by atoms with van der Waals surface area (Å²) < 4.78 is 2.24. The number of nitriles is 1. The van der Waals surface area contributed by atoms with Crippen LogP contribution in [0.1, 0.15) is 5.56 Å². The van der Waals surface area contributed by atoms with E-state index in [4.69, 9.17) is 6.57 Å². The smallest absolute Gasteiger partial charge is 0.190 e. The van der Waals surface area contributed by atoms with Crippen molar-refractivity contribution in [1.29, 1.82) is 5.26 Å². The maximum absolute atomic E-state index is 9.32. The van der Waals surface area contributed by atoms with Crippen molar-refractivity contribution in [3.05, 3.63) is 120 Å². The molecule has 0 unspecified atom stereocenters. The fraction of sp³-hybridized carbons (Fsp3) is 0. The van der Waals surface area contributed by atoms with Crippen LogP contribution in [0.3, 0.4) is 0 Å².